The molecule has 2 heterocycles. The Morgan fingerprint density at radius 3 is 2.53 bits per heavy atom. The van der Waals surface area contributed by atoms with Gasteiger partial charge in [-0.25, -0.2) is 4.79 Å². The fraction of sp³-hybridized carbons (Fsp3) is 0.214. The first-order valence-corrected chi connectivity index (χ1v) is 12.1. The number of pyridine rings is 1. The van der Waals surface area contributed by atoms with Crippen molar-refractivity contribution in [2.24, 2.45) is 0 Å². The third kappa shape index (κ3) is 4.54. The number of nitrogens with one attached hydrogen (secondary N) is 1. The Morgan fingerprint density at radius 2 is 1.85 bits per heavy atom. The molecule has 4 nitrogen and oxygen atoms in total. The van der Waals surface area contributed by atoms with Crippen LogP contribution in [-0.4, -0.2) is 31.2 Å². The highest BCUT2D eigenvalue weighted by molar-refractivity contribution is 6.36. The number of aromatic nitrogens is 1. The van der Waals surface area contributed by atoms with Gasteiger partial charge in [0.2, 0.25) is 0 Å². The van der Waals surface area contributed by atoms with Gasteiger partial charge in [-0.1, -0.05) is 47.5 Å². The Labute approximate surface area is 209 Å². The van der Waals surface area contributed by atoms with Gasteiger partial charge in [0, 0.05) is 34.9 Å². The summed E-state index contributed by atoms with van der Waals surface area (Å²) in [6.45, 7) is 1.87. The Bertz CT molecular complexity index is 1320. The number of hydrogen-bond donors (Lipinski definition) is 1. The predicted octanol–water partition coefficient (Wildman–Crippen LogP) is 6.46. The molecule has 6 heteroatoms. The van der Waals surface area contributed by atoms with Gasteiger partial charge in [-0.05, 0) is 83.0 Å². The summed E-state index contributed by atoms with van der Waals surface area (Å²) >= 11 is 12.9. The number of rotatable bonds is 4. The minimum atomic E-state index is -0.334. The molecular weight excluding hydrogens is 467 g/mol. The summed E-state index contributed by atoms with van der Waals surface area (Å²) in [4.78, 5) is 17.0. The Balaban J connectivity index is 1.69. The lowest BCUT2D eigenvalue weighted by atomic mass is 9.89. The third-order valence-corrected chi connectivity index (χ3v) is 6.89. The summed E-state index contributed by atoms with van der Waals surface area (Å²) in [5.41, 5.74) is 9.19. The van der Waals surface area contributed by atoms with Gasteiger partial charge in [-0.2, -0.15) is 0 Å². The smallest absolute Gasteiger partial charge is 0.337 e. The van der Waals surface area contributed by atoms with Gasteiger partial charge in [0.25, 0.3) is 0 Å². The van der Waals surface area contributed by atoms with Crippen LogP contribution in [0.5, 0.6) is 0 Å². The Hall–Kier alpha value is -2.92. The van der Waals surface area contributed by atoms with Gasteiger partial charge in [-0.15, -0.1) is 0 Å². The highest BCUT2D eigenvalue weighted by Crippen LogP contribution is 2.42. The fourth-order valence-electron chi connectivity index (χ4n) is 4.57. The molecule has 0 unspecified atom stereocenters. The van der Waals surface area contributed by atoms with Crippen LogP contribution in [0.25, 0.3) is 17.2 Å². The summed E-state index contributed by atoms with van der Waals surface area (Å²) in [5, 5.41) is 4.49. The number of esters is 1. The molecule has 172 valence electrons. The van der Waals surface area contributed by atoms with E-state index in [2.05, 4.69) is 23.5 Å². The van der Waals surface area contributed by atoms with Crippen LogP contribution in [0, 0.1) is 0 Å². The minimum absolute atomic E-state index is 0.334. The van der Waals surface area contributed by atoms with Crippen LogP contribution in [0.1, 0.15) is 51.1 Å². The minimum Gasteiger partial charge on any atom is -0.465 e. The number of ether oxygens (including phenoxy) is 1. The number of hydrogen-bond acceptors (Lipinski definition) is 4. The quantitative estimate of drug-likeness (QED) is 0.426. The van der Waals surface area contributed by atoms with E-state index in [0.29, 0.717) is 15.6 Å². The molecule has 1 aromatic heterocycles. The maximum absolute atomic E-state index is 12.2. The zero-order valence-electron chi connectivity index (χ0n) is 18.8. The third-order valence-electron chi connectivity index (χ3n) is 6.34. The molecule has 0 bridgehead atoms. The molecule has 0 spiro atoms. The standard InChI is InChI=1S/C28H24Cl2N2O2/c1-34-28(33)20-6-8-22-19(12-20)3-2-4-24(23-9-7-21(29)13-25(23)30)27(22)26-10-5-17(16-32-26)11-18-14-31-15-18/h5-13,16,31H,2-4,14-15H2,1H3. The van der Waals surface area contributed by atoms with Crippen LogP contribution in [0.3, 0.4) is 0 Å². The number of fused-ring (bicyclic) bond motifs is 1. The van der Waals surface area contributed by atoms with E-state index >= 15 is 0 Å². The summed E-state index contributed by atoms with van der Waals surface area (Å²) in [6, 6.07) is 15.6. The molecule has 34 heavy (non-hydrogen) atoms. The van der Waals surface area contributed by atoms with Crippen molar-refractivity contribution in [2.75, 3.05) is 20.2 Å². The van der Waals surface area contributed by atoms with E-state index in [4.69, 9.17) is 32.9 Å². The molecule has 0 radical (unpaired) electrons. The monoisotopic (exact) mass is 490 g/mol. The lowest BCUT2D eigenvalue weighted by Crippen LogP contribution is -2.33. The lowest BCUT2D eigenvalue weighted by molar-refractivity contribution is 0.0600. The molecule has 1 saturated heterocycles. The van der Waals surface area contributed by atoms with E-state index in [1.54, 1.807) is 6.07 Å². The second kappa shape index (κ2) is 9.75. The van der Waals surface area contributed by atoms with E-state index < -0.39 is 0 Å². The molecular formula is C28H24Cl2N2O2. The van der Waals surface area contributed by atoms with E-state index in [1.807, 2.05) is 36.5 Å². The van der Waals surface area contributed by atoms with E-state index in [9.17, 15) is 4.79 Å². The Kier molecular flexibility index (Phi) is 6.55. The first kappa shape index (κ1) is 22.9. The predicted molar refractivity (Wildman–Crippen MR) is 138 cm³/mol. The fourth-order valence-corrected chi connectivity index (χ4v) is 5.10. The average molecular weight is 491 g/mol. The van der Waals surface area contributed by atoms with Crippen molar-refractivity contribution in [3.05, 3.63) is 104 Å². The number of allylic oxidation sites excluding steroid dienone is 1. The SMILES string of the molecule is COC(=O)c1ccc2c(c1)CCCC(c1ccc(Cl)cc1Cl)=C2c1ccc(C=C2CNC2)cn1. The van der Waals surface area contributed by atoms with Crippen molar-refractivity contribution in [1.82, 2.24) is 10.3 Å². The van der Waals surface area contributed by atoms with Gasteiger partial charge >= 0.3 is 5.97 Å². The van der Waals surface area contributed by atoms with Crippen molar-refractivity contribution >= 4 is 46.4 Å². The topological polar surface area (TPSA) is 51.2 Å². The van der Waals surface area contributed by atoms with Crippen LogP contribution in [0.2, 0.25) is 10.0 Å². The second-order valence-electron chi connectivity index (χ2n) is 8.58. The Morgan fingerprint density at radius 1 is 1.03 bits per heavy atom. The van der Waals surface area contributed by atoms with Gasteiger partial charge in [0.15, 0.2) is 0 Å². The summed E-state index contributed by atoms with van der Waals surface area (Å²) < 4.78 is 4.94. The molecule has 3 aromatic rings. The number of carbonyl (C=O) groups excluding carboxylic acids is 1. The van der Waals surface area contributed by atoms with Gasteiger partial charge in [0.1, 0.15) is 0 Å². The molecule has 0 saturated carbocycles. The highest BCUT2D eigenvalue weighted by atomic mass is 35.5. The molecule has 1 fully saturated rings. The van der Waals surface area contributed by atoms with Crippen LogP contribution in [0.4, 0.5) is 0 Å². The molecule has 5 rings (SSSR count). The normalized spacial score (nSPS) is 15.3. The van der Waals surface area contributed by atoms with Crippen LogP contribution < -0.4 is 5.32 Å². The van der Waals surface area contributed by atoms with Crippen LogP contribution in [0.15, 0.2) is 60.3 Å². The maximum atomic E-state index is 12.2. The average Bonchev–Trinajstić information content (AvgIpc) is 3.00. The van der Waals surface area contributed by atoms with Crippen LogP contribution >= 0.6 is 23.2 Å². The van der Waals surface area contributed by atoms with Crippen molar-refractivity contribution in [2.45, 2.75) is 19.3 Å². The summed E-state index contributed by atoms with van der Waals surface area (Å²) in [5.74, 6) is -0.334. The van der Waals surface area contributed by atoms with Gasteiger partial charge < -0.3 is 10.1 Å². The highest BCUT2D eigenvalue weighted by Gasteiger charge is 2.23. The molecule has 2 aromatic carbocycles. The van der Waals surface area contributed by atoms with Gasteiger partial charge in [-0.3, -0.25) is 4.98 Å². The lowest BCUT2D eigenvalue weighted by Gasteiger charge is -2.19. The maximum Gasteiger partial charge on any atom is 0.337 e. The number of methoxy groups -OCH3 is 1. The summed E-state index contributed by atoms with van der Waals surface area (Å²) in [6.07, 6.45) is 6.70. The zero-order chi connectivity index (χ0) is 23.7. The van der Waals surface area contributed by atoms with E-state index in [-0.39, 0.29) is 5.97 Å². The van der Waals surface area contributed by atoms with Gasteiger partial charge in [0.05, 0.1) is 18.4 Å². The van der Waals surface area contributed by atoms with Crippen molar-refractivity contribution in [3.63, 3.8) is 0 Å². The molecule has 1 aliphatic heterocycles. The molecule has 1 N–H and O–H groups in total. The van der Waals surface area contributed by atoms with Crippen LogP contribution in [-0.2, 0) is 11.2 Å². The molecule has 0 amide bonds. The number of halogens is 2. The number of carbonyl (C=O) groups is 1. The first-order valence-electron chi connectivity index (χ1n) is 11.3. The first-order chi connectivity index (χ1) is 16.5. The van der Waals surface area contributed by atoms with Crippen molar-refractivity contribution in [3.8, 4) is 0 Å². The second-order valence-corrected chi connectivity index (χ2v) is 9.42. The number of aryl methyl sites for hydroxylation is 1. The molecule has 1 aliphatic carbocycles. The zero-order valence-corrected chi connectivity index (χ0v) is 20.3. The van der Waals surface area contributed by atoms with Crippen molar-refractivity contribution < 1.29 is 9.53 Å². The summed E-state index contributed by atoms with van der Waals surface area (Å²) in [7, 11) is 1.40. The number of nitrogens with zero attached hydrogens (tertiary/aromatic N) is 1. The molecule has 2 aliphatic rings. The number of benzene rings is 2. The largest absolute Gasteiger partial charge is 0.465 e. The van der Waals surface area contributed by atoms with E-state index in [0.717, 1.165) is 71.4 Å². The molecule has 0 atom stereocenters. The van der Waals surface area contributed by atoms with E-state index in [1.165, 1.54) is 12.7 Å². The van der Waals surface area contributed by atoms with Crippen molar-refractivity contribution in [1.29, 1.82) is 0 Å².